The molecule has 0 aliphatic carbocycles. The molecule has 0 unspecified atom stereocenters. The first kappa shape index (κ1) is 17.9. The zero-order chi connectivity index (χ0) is 20.2. The number of aromatic hydroxyl groups is 2. The summed E-state index contributed by atoms with van der Waals surface area (Å²) in [5, 5.41) is 29.1. The Labute approximate surface area is 157 Å². The van der Waals surface area contributed by atoms with E-state index in [1.807, 2.05) is 26.0 Å². The predicted octanol–water partition coefficient (Wildman–Crippen LogP) is 4.26. The summed E-state index contributed by atoms with van der Waals surface area (Å²) < 4.78 is 40.8. The van der Waals surface area contributed by atoms with E-state index in [0.29, 0.717) is 5.69 Å². The lowest BCUT2D eigenvalue weighted by Gasteiger charge is -2.11. The third-order valence-electron chi connectivity index (χ3n) is 4.55. The van der Waals surface area contributed by atoms with E-state index in [-0.39, 0.29) is 28.5 Å². The lowest BCUT2D eigenvalue weighted by Crippen LogP contribution is -2.05. The molecule has 0 spiro atoms. The molecule has 0 radical (unpaired) electrons. The fourth-order valence-electron chi connectivity index (χ4n) is 3.20. The van der Waals surface area contributed by atoms with Gasteiger partial charge in [-0.15, -0.1) is 5.10 Å². The molecule has 2 aromatic heterocycles. The van der Waals surface area contributed by atoms with Gasteiger partial charge in [-0.1, -0.05) is 22.9 Å². The molecule has 0 aliphatic rings. The molecule has 144 valence electrons. The number of rotatable bonds is 2. The highest BCUT2D eigenvalue weighted by atomic mass is 19.4. The molecule has 0 fully saturated rings. The number of fused-ring (bicyclic) bond motifs is 1. The molecule has 0 bridgehead atoms. The zero-order valence-electron chi connectivity index (χ0n) is 14.9. The molecule has 0 saturated heterocycles. The molecule has 0 aliphatic heterocycles. The molecule has 2 N–H and O–H groups in total. The van der Waals surface area contributed by atoms with Crippen LogP contribution in [0.25, 0.3) is 22.4 Å². The number of hydrogen-bond acceptors (Lipinski definition) is 4. The van der Waals surface area contributed by atoms with Crippen molar-refractivity contribution in [3.8, 4) is 23.1 Å². The van der Waals surface area contributed by atoms with Gasteiger partial charge in [0.05, 0.1) is 16.9 Å². The number of benzene rings is 2. The van der Waals surface area contributed by atoms with Crippen molar-refractivity contribution in [3.63, 3.8) is 0 Å². The highest BCUT2D eigenvalue weighted by molar-refractivity contribution is 5.89. The Morgan fingerprint density at radius 3 is 2.21 bits per heavy atom. The molecule has 0 saturated carbocycles. The molecule has 0 atom stereocenters. The highest BCUT2D eigenvalue weighted by Gasteiger charge is 2.30. The fraction of sp³-hybridized carbons (Fsp3) is 0.158. The van der Waals surface area contributed by atoms with Gasteiger partial charge in [0.2, 0.25) is 11.8 Å². The van der Waals surface area contributed by atoms with Crippen molar-refractivity contribution in [1.82, 2.24) is 19.6 Å². The Morgan fingerprint density at radius 2 is 1.61 bits per heavy atom. The molecule has 28 heavy (non-hydrogen) atoms. The molecular weight excluding hydrogens is 373 g/mol. The van der Waals surface area contributed by atoms with Crippen LogP contribution in [0.15, 0.2) is 42.5 Å². The number of alkyl halides is 3. The number of nitrogens with zero attached hydrogens (tertiary/aromatic N) is 4. The van der Waals surface area contributed by atoms with Crippen LogP contribution < -0.4 is 0 Å². The number of hydrogen-bond donors (Lipinski definition) is 2. The number of aryl methyl sites for hydroxylation is 2. The van der Waals surface area contributed by atoms with Crippen LogP contribution >= 0.6 is 0 Å². The number of aromatic nitrogens is 4. The second-order valence-electron chi connectivity index (χ2n) is 6.52. The SMILES string of the molecule is Cc1ccc(-n2c(O)c3nnn(-c4ccc(C(F)(F)F)cc4)c3c2O)c(C)c1. The summed E-state index contributed by atoms with van der Waals surface area (Å²) in [6, 6.07) is 9.76. The van der Waals surface area contributed by atoms with E-state index in [1.54, 1.807) is 6.07 Å². The zero-order valence-corrected chi connectivity index (χ0v) is 14.9. The van der Waals surface area contributed by atoms with E-state index >= 15 is 0 Å². The minimum atomic E-state index is -4.46. The van der Waals surface area contributed by atoms with Gasteiger partial charge in [-0.3, -0.25) is 0 Å². The summed E-state index contributed by atoms with van der Waals surface area (Å²) in [6.45, 7) is 3.76. The summed E-state index contributed by atoms with van der Waals surface area (Å²) in [6.07, 6.45) is -4.46. The molecule has 2 heterocycles. The molecule has 9 heteroatoms. The van der Waals surface area contributed by atoms with E-state index in [4.69, 9.17) is 0 Å². The Morgan fingerprint density at radius 1 is 0.929 bits per heavy atom. The third-order valence-corrected chi connectivity index (χ3v) is 4.55. The molecule has 4 rings (SSSR count). The summed E-state index contributed by atoms with van der Waals surface area (Å²) in [7, 11) is 0. The summed E-state index contributed by atoms with van der Waals surface area (Å²) >= 11 is 0. The monoisotopic (exact) mass is 388 g/mol. The molecule has 2 aromatic carbocycles. The first-order chi connectivity index (χ1) is 13.2. The Hall–Kier alpha value is -3.49. The van der Waals surface area contributed by atoms with Crippen LogP contribution in [0.5, 0.6) is 11.8 Å². The van der Waals surface area contributed by atoms with E-state index in [2.05, 4.69) is 10.3 Å². The highest BCUT2D eigenvalue weighted by Crippen LogP contribution is 2.39. The molecular formula is C19H15F3N4O2. The van der Waals surface area contributed by atoms with Gasteiger partial charge in [0.1, 0.15) is 0 Å². The molecule has 0 amide bonds. The van der Waals surface area contributed by atoms with E-state index in [1.165, 1.54) is 21.4 Å². The van der Waals surface area contributed by atoms with Crippen LogP contribution in [0.1, 0.15) is 16.7 Å². The maximum atomic E-state index is 12.8. The van der Waals surface area contributed by atoms with Crippen molar-refractivity contribution < 1.29 is 23.4 Å². The van der Waals surface area contributed by atoms with Gasteiger partial charge in [0, 0.05) is 0 Å². The first-order valence-electron chi connectivity index (χ1n) is 8.32. The minimum Gasteiger partial charge on any atom is -0.493 e. The average molecular weight is 388 g/mol. The average Bonchev–Trinajstić information content (AvgIpc) is 3.16. The van der Waals surface area contributed by atoms with Crippen molar-refractivity contribution in [2.24, 2.45) is 0 Å². The van der Waals surface area contributed by atoms with Crippen molar-refractivity contribution in [1.29, 1.82) is 0 Å². The van der Waals surface area contributed by atoms with Crippen LogP contribution in [0.3, 0.4) is 0 Å². The Bertz CT molecular complexity index is 1190. The normalized spacial score (nSPS) is 12.0. The predicted molar refractivity (Wildman–Crippen MR) is 96.0 cm³/mol. The van der Waals surface area contributed by atoms with Gasteiger partial charge in [0.25, 0.3) is 0 Å². The maximum absolute atomic E-state index is 12.8. The largest absolute Gasteiger partial charge is 0.493 e. The van der Waals surface area contributed by atoms with E-state index in [0.717, 1.165) is 23.3 Å². The quantitative estimate of drug-likeness (QED) is 0.538. The van der Waals surface area contributed by atoms with Gasteiger partial charge in [-0.05, 0) is 49.7 Å². The summed E-state index contributed by atoms with van der Waals surface area (Å²) in [4.78, 5) is 0. The van der Waals surface area contributed by atoms with Gasteiger partial charge in [0.15, 0.2) is 11.0 Å². The summed E-state index contributed by atoms with van der Waals surface area (Å²) in [5.41, 5.74) is 1.99. The topological polar surface area (TPSA) is 76.1 Å². The van der Waals surface area contributed by atoms with Crippen molar-refractivity contribution >= 4 is 11.0 Å². The van der Waals surface area contributed by atoms with Crippen LogP contribution in [0.2, 0.25) is 0 Å². The standard InChI is InChI=1S/C19H15F3N4O2/c1-10-3-8-14(11(2)9-10)25-17(27)15-16(18(25)28)26(24-23-15)13-6-4-12(5-7-13)19(20,21)22/h3-9,27-28H,1-2H3. The molecule has 6 nitrogen and oxygen atoms in total. The molecule has 4 aromatic rings. The van der Waals surface area contributed by atoms with Gasteiger partial charge < -0.3 is 10.2 Å². The van der Waals surface area contributed by atoms with E-state index < -0.39 is 11.7 Å². The second kappa shape index (κ2) is 6.01. The lowest BCUT2D eigenvalue weighted by atomic mass is 10.1. The van der Waals surface area contributed by atoms with Gasteiger partial charge >= 0.3 is 6.18 Å². The van der Waals surface area contributed by atoms with Crippen LogP contribution in [-0.4, -0.2) is 29.8 Å². The van der Waals surface area contributed by atoms with E-state index in [9.17, 15) is 23.4 Å². The first-order valence-corrected chi connectivity index (χ1v) is 8.32. The summed E-state index contributed by atoms with van der Waals surface area (Å²) in [5.74, 6) is -0.623. The van der Waals surface area contributed by atoms with Crippen molar-refractivity contribution in [2.45, 2.75) is 20.0 Å². The third kappa shape index (κ3) is 2.67. The van der Waals surface area contributed by atoms with Crippen LogP contribution in [0, 0.1) is 13.8 Å². The fourth-order valence-corrected chi connectivity index (χ4v) is 3.20. The van der Waals surface area contributed by atoms with Gasteiger partial charge in [-0.2, -0.15) is 13.2 Å². The van der Waals surface area contributed by atoms with Crippen LogP contribution in [0.4, 0.5) is 13.2 Å². The Kier molecular flexibility index (Phi) is 3.84. The number of halogens is 3. The Balaban J connectivity index is 1.89. The van der Waals surface area contributed by atoms with Crippen molar-refractivity contribution in [2.75, 3.05) is 0 Å². The maximum Gasteiger partial charge on any atom is 0.416 e. The second-order valence-corrected chi connectivity index (χ2v) is 6.52. The van der Waals surface area contributed by atoms with Gasteiger partial charge in [-0.25, -0.2) is 9.25 Å². The minimum absolute atomic E-state index is 0.0392. The van der Waals surface area contributed by atoms with Crippen LogP contribution in [-0.2, 0) is 6.18 Å². The smallest absolute Gasteiger partial charge is 0.416 e. The lowest BCUT2D eigenvalue weighted by molar-refractivity contribution is -0.137. The van der Waals surface area contributed by atoms with Crippen molar-refractivity contribution in [3.05, 3.63) is 59.2 Å².